The number of rotatable bonds is 5. The third kappa shape index (κ3) is 4.20. The van der Waals surface area contributed by atoms with E-state index in [2.05, 4.69) is 5.32 Å². The lowest BCUT2D eigenvalue weighted by atomic mass is 10.1. The number of nitrogens with zero attached hydrogens (tertiary/aromatic N) is 1. The number of amides is 2. The second-order valence-electron chi connectivity index (χ2n) is 6.37. The fourth-order valence-electron chi connectivity index (χ4n) is 3.03. The predicted molar refractivity (Wildman–Crippen MR) is 98.0 cm³/mol. The Bertz CT molecular complexity index is 774. The molecule has 0 bridgehead atoms. The van der Waals surface area contributed by atoms with Crippen molar-refractivity contribution in [2.24, 2.45) is 0 Å². The van der Waals surface area contributed by atoms with Crippen LogP contribution in [-0.2, 0) is 22.7 Å². The highest BCUT2D eigenvalue weighted by molar-refractivity contribution is 6.31. The smallest absolute Gasteiger partial charge is 0.243 e. The van der Waals surface area contributed by atoms with Gasteiger partial charge in [-0.2, -0.15) is 0 Å². The zero-order chi connectivity index (χ0) is 17.8. The minimum absolute atomic E-state index is 0.00425. The first-order valence-electron chi connectivity index (χ1n) is 8.41. The van der Waals surface area contributed by atoms with Crippen molar-refractivity contribution in [1.82, 2.24) is 10.2 Å². The van der Waals surface area contributed by atoms with Crippen LogP contribution >= 0.6 is 11.6 Å². The van der Waals surface area contributed by atoms with Crippen LogP contribution in [0.4, 0.5) is 0 Å². The van der Waals surface area contributed by atoms with Crippen molar-refractivity contribution in [3.63, 3.8) is 0 Å². The van der Waals surface area contributed by atoms with Gasteiger partial charge in [0.1, 0.15) is 6.04 Å². The Balaban J connectivity index is 1.65. The van der Waals surface area contributed by atoms with Crippen LogP contribution in [-0.4, -0.2) is 22.8 Å². The topological polar surface area (TPSA) is 49.4 Å². The molecule has 1 saturated heterocycles. The number of halogens is 1. The number of hydrogen-bond donors (Lipinski definition) is 1. The highest BCUT2D eigenvalue weighted by Gasteiger charge is 2.36. The maximum Gasteiger partial charge on any atom is 0.243 e. The van der Waals surface area contributed by atoms with Gasteiger partial charge in [-0.3, -0.25) is 9.59 Å². The molecule has 0 unspecified atom stereocenters. The number of aryl methyl sites for hydroxylation is 1. The van der Waals surface area contributed by atoms with Crippen LogP contribution in [0.1, 0.15) is 29.5 Å². The van der Waals surface area contributed by atoms with E-state index in [9.17, 15) is 9.59 Å². The van der Waals surface area contributed by atoms with E-state index < -0.39 is 6.04 Å². The maximum absolute atomic E-state index is 12.6. The average Bonchev–Trinajstić information content (AvgIpc) is 2.97. The standard InChI is InChI=1S/C20H21ClN2O2/c1-14-6-8-15(9-7-14)12-22-20(25)18-10-11-19(24)23(18)13-16-4-2-3-5-17(16)21/h2-9,18H,10-13H2,1H3,(H,22,25)/t18-/m0/s1. The molecule has 1 aliphatic heterocycles. The molecule has 1 fully saturated rings. The molecule has 0 aromatic heterocycles. The Morgan fingerprint density at radius 1 is 1.20 bits per heavy atom. The van der Waals surface area contributed by atoms with Crippen LogP contribution < -0.4 is 5.32 Å². The molecule has 1 atom stereocenters. The second-order valence-corrected chi connectivity index (χ2v) is 6.78. The summed E-state index contributed by atoms with van der Waals surface area (Å²) in [6.45, 7) is 2.85. The Hall–Kier alpha value is -2.33. The van der Waals surface area contributed by atoms with Crippen LogP contribution in [0, 0.1) is 6.92 Å². The van der Waals surface area contributed by atoms with Crippen molar-refractivity contribution in [3.8, 4) is 0 Å². The summed E-state index contributed by atoms with van der Waals surface area (Å²) < 4.78 is 0. The Labute approximate surface area is 152 Å². The molecule has 3 rings (SSSR count). The summed E-state index contributed by atoms with van der Waals surface area (Å²) in [6, 6.07) is 15.0. The molecule has 2 aromatic carbocycles. The van der Waals surface area contributed by atoms with Gasteiger partial charge >= 0.3 is 0 Å². The lowest BCUT2D eigenvalue weighted by molar-refractivity contribution is -0.135. The van der Waals surface area contributed by atoms with Gasteiger partial charge in [-0.1, -0.05) is 59.6 Å². The van der Waals surface area contributed by atoms with Crippen molar-refractivity contribution >= 4 is 23.4 Å². The van der Waals surface area contributed by atoms with Crippen molar-refractivity contribution in [2.45, 2.75) is 38.9 Å². The van der Waals surface area contributed by atoms with E-state index in [0.29, 0.717) is 31.0 Å². The van der Waals surface area contributed by atoms with Gasteiger partial charge in [0.05, 0.1) is 0 Å². The molecular formula is C20H21ClN2O2. The van der Waals surface area contributed by atoms with Crippen LogP contribution in [0.15, 0.2) is 48.5 Å². The summed E-state index contributed by atoms with van der Waals surface area (Å²) in [4.78, 5) is 26.4. The van der Waals surface area contributed by atoms with Crippen molar-refractivity contribution in [3.05, 3.63) is 70.2 Å². The van der Waals surface area contributed by atoms with Crippen molar-refractivity contribution in [2.75, 3.05) is 0 Å². The quantitative estimate of drug-likeness (QED) is 0.892. The summed E-state index contributed by atoms with van der Waals surface area (Å²) in [7, 11) is 0. The third-order valence-electron chi connectivity index (χ3n) is 4.52. The van der Waals surface area contributed by atoms with Crippen molar-refractivity contribution < 1.29 is 9.59 Å². The molecule has 1 N–H and O–H groups in total. The van der Waals surface area contributed by atoms with Crippen LogP contribution in [0.25, 0.3) is 0 Å². The first-order chi connectivity index (χ1) is 12.0. The van der Waals surface area contributed by atoms with E-state index in [1.807, 2.05) is 49.4 Å². The largest absolute Gasteiger partial charge is 0.350 e. The molecule has 25 heavy (non-hydrogen) atoms. The van der Waals surface area contributed by atoms with E-state index in [-0.39, 0.29) is 11.8 Å². The van der Waals surface area contributed by atoms with Gasteiger partial charge in [-0.15, -0.1) is 0 Å². The van der Waals surface area contributed by atoms with E-state index in [4.69, 9.17) is 11.6 Å². The van der Waals surface area contributed by atoms with E-state index >= 15 is 0 Å². The molecule has 1 aliphatic rings. The SMILES string of the molecule is Cc1ccc(CNC(=O)[C@@H]2CCC(=O)N2Cc2ccccc2Cl)cc1. The van der Waals surface area contributed by atoms with Crippen LogP contribution in [0.2, 0.25) is 5.02 Å². The zero-order valence-electron chi connectivity index (χ0n) is 14.2. The predicted octanol–water partition coefficient (Wildman–Crippen LogP) is 3.46. The molecule has 0 aliphatic carbocycles. The number of likely N-dealkylation sites (tertiary alicyclic amines) is 1. The van der Waals surface area contributed by atoms with Crippen molar-refractivity contribution in [1.29, 1.82) is 0 Å². The number of nitrogens with one attached hydrogen (secondary N) is 1. The molecule has 0 saturated carbocycles. The Morgan fingerprint density at radius 2 is 1.92 bits per heavy atom. The molecule has 4 nitrogen and oxygen atoms in total. The van der Waals surface area contributed by atoms with Gasteiger partial charge in [0.25, 0.3) is 0 Å². The highest BCUT2D eigenvalue weighted by Crippen LogP contribution is 2.25. The summed E-state index contributed by atoms with van der Waals surface area (Å²) in [5.74, 6) is -0.117. The van der Waals surface area contributed by atoms with Gasteiger partial charge in [0, 0.05) is 24.5 Å². The Kier molecular flexibility index (Phi) is 5.39. The molecular weight excluding hydrogens is 336 g/mol. The molecule has 1 heterocycles. The van der Waals surface area contributed by atoms with Gasteiger partial charge in [0.2, 0.25) is 11.8 Å². The lowest BCUT2D eigenvalue weighted by Gasteiger charge is -2.24. The molecule has 2 amide bonds. The fourth-order valence-corrected chi connectivity index (χ4v) is 3.22. The van der Waals surface area contributed by atoms with Gasteiger partial charge in [0.15, 0.2) is 0 Å². The third-order valence-corrected chi connectivity index (χ3v) is 4.89. The van der Waals surface area contributed by atoms with Gasteiger partial charge in [-0.05, 0) is 30.5 Å². The number of carbonyl (C=O) groups excluding carboxylic acids is 2. The summed E-state index contributed by atoms with van der Waals surface area (Å²) in [5.41, 5.74) is 3.08. The summed E-state index contributed by atoms with van der Waals surface area (Å²) >= 11 is 6.19. The molecule has 5 heteroatoms. The van der Waals surface area contributed by atoms with Crippen LogP contribution in [0.5, 0.6) is 0 Å². The van der Waals surface area contributed by atoms with Gasteiger partial charge in [-0.25, -0.2) is 0 Å². The highest BCUT2D eigenvalue weighted by atomic mass is 35.5. The van der Waals surface area contributed by atoms with Crippen LogP contribution in [0.3, 0.4) is 0 Å². The normalized spacial score (nSPS) is 17.0. The maximum atomic E-state index is 12.6. The van der Waals surface area contributed by atoms with E-state index in [1.165, 1.54) is 5.56 Å². The Morgan fingerprint density at radius 3 is 2.64 bits per heavy atom. The molecule has 130 valence electrons. The van der Waals surface area contributed by atoms with E-state index in [1.54, 1.807) is 11.0 Å². The molecule has 0 spiro atoms. The average molecular weight is 357 g/mol. The monoisotopic (exact) mass is 356 g/mol. The first kappa shape index (κ1) is 17.5. The zero-order valence-corrected chi connectivity index (χ0v) is 14.9. The second kappa shape index (κ2) is 7.70. The molecule has 0 radical (unpaired) electrons. The van der Waals surface area contributed by atoms with E-state index in [0.717, 1.165) is 11.1 Å². The minimum atomic E-state index is -0.436. The fraction of sp³-hybridized carbons (Fsp3) is 0.300. The molecule has 2 aromatic rings. The summed E-state index contributed by atoms with van der Waals surface area (Å²) in [5, 5.41) is 3.56. The van der Waals surface area contributed by atoms with Gasteiger partial charge < -0.3 is 10.2 Å². The minimum Gasteiger partial charge on any atom is -0.350 e. The number of hydrogen-bond acceptors (Lipinski definition) is 2. The number of benzene rings is 2. The number of carbonyl (C=O) groups is 2. The first-order valence-corrected chi connectivity index (χ1v) is 8.78. The lowest BCUT2D eigenvalue weighted by Crippen LogP contribution is -2.44. The summed E-state index contributed by atoms with van der Waals surface area (Å²) in [6.07, 6.45) is 0.941.